The van der Waals surface area contributed by atoms with Crippen molar-refractivity contribution in [3.8, 4) is 0 Å². The van der Waals surface area contributed by atoms with Gasteiger partial charge in [-0.25, -0.2) is 0 Å². The summed E-state index contributed by atoms with van der Waals surface area (Å²) in [5, 5.41) is 10.9. The van der Waals surface area contributed by atoms with Crippen LogP contribution in [0.25, 0.3) is 43.1 Å². The molecule has 0 aliphatic rings. The second-order valence-corrected chi connectivity index (χ2v) is 5.42. The average molecular weight is 260 g/mol. The fraction of sp³-hybridized carbons (Fsp3) is 0. The molecule has 0 unspecified atom stereocenters. The second kappa shape index (κ2) is 4.50. The number of fused-ring (bicyclic) bond motifs is 2. The Balaban J connectivity index is 0.000000720. The van der Waals surface area contributed by atoms with Crippen LogP contribution in [0.2, 0.25) is 0 Å². The minimum absolute atomic E-state index is 0. The molecule has 0 aliphatic carbocycles. The fourth-order valence-corrected chi connectivity index (χ4v) is 3.58. The van der Waals surface area contributed by atoms with Gasteiger partial charge in [-0.15, -0.1) is 0 Å². The van der Waals surface area contributed by atoms with Gasteiger partial charge < -0.3 is 1.43 Å². The number of hydrogen-bond acceptors (Lipinski definition) is 0. The molecular formula is C20H13Li. The smallest absolute Gasteiger partial charge is 1.00 e. The third-order valence-corrected chi connectivity index (χ3v) is 4.39. The van der Waals surface area contributed by atoms with Crippen molar-refractivity contribution in [1.82, 2.24) is 0 Å². The van der Waals surface area contributed by atoms with Crippen LogP contribution in [0.4, 0.5) is 0 Å². The van der Waals surface area contributed by atoms with Crippen LogP contribution in [0, 0.1) is 0 Å². The first-order valence-electron chi connectivity index (χ1n) is 6.98. The van der Waals surface area contributed by atoms with E-state index in [1.807, 2.05) is 0 Å². The monoisotopic (exact) mass is 260 g/mol. The molecule has 0 spiro atoms. The van der Waals surface area contributed by atoms with E-state index in [0.29, 0.717) is 0 Å². The van der Waals surface area contributed by atoms with E-state index in [0.717, 1.165) is 0 Å². The largest absolute Gasteiger partial charge is 1.00 e. The molecule has 0 nitrogen and oxygen atoms in total. The number of rotatable bonds is 0. The zero-order valence-corrected chi connectivity index (χ0v) is 11.9. The zero-order chi connectivity index (χ0) is 13.1. The normalized spacial score (nSPS) is 11.4. The maximum Gasteiger partial charge on any atom is 1.00 e. The molecule has 21 heavy (non-hydrogen) atoms. The van der Waals surface area contributed by atoms with Gasteiger partial charge in [0.15, 0.2) is 0 Å². The minimum Gasteiger partial charge on any atom is -1.00 e. The van der Waals surface area contributed by atoms with Crippen LogP contribution in [-0.2, 0) is 0 Å². The van der Waals surface area contributed by atoms with Crippen molar-refractivity contribution in [2.75, 3.05) is 0 Å². The molecule has 5 aromatic carbocycles. The molecule has 1 heteroatoms. The van der Waals surface area contributed by atoms with E-state index in [1.54, 1.807) is 0 Å². The third kappa shape index (κ3) is 1.58. The molecule has 0 aliphatic heterocycles. The SMILES string of the molecule is [H-].[Li+].c1cc2cccc3c4cccc5cccc(c(c1)c23)c54. The fourth-order valence-electron chi connectivity index (χ4n) is 3.58. The second-order valence-electron chi connectivity index (χ2n) is 5.42. The van der Waals surface area contributed by atoms with Gasteiger partial charge in [0.2, 0.25) is 0 Å². The standard InChI is InChI=1S/C20H12.Li.H/c1-5-13-6-2-11-17-18-12-4-8-14-7-3-10-16(20(14)18)15(9-1)19(13)17;;/h1-12H;;/q;+1;-1. The molecule has 5 aromatic rings. The van der Waals surface area contributed by atoms with Crippen LogP contribution in [0.3, 0.4) is 0 Å². The van der Waals surface area contributed by atoms with Gasteiger partial charge in [0, 0.05) is 0 Å². The molecule has 0 saturated carbocycles. The van der Waals surface area contributed by atoms with Crippen molar-refractivity contribution < 1.29 is 20.3 Å². The first-order chi connectivity index (χ1) is 9.93. The van der Waals surface area contributed by atoms with Crippen LogP contribution in [0.5, 0.6) is 0 Å². The van der Waals surface area contributed by atoms with Crippen molar-refractivity contribution in [3.63, 3.8) is 0 Å². The number of benzene rings is 5. The first kappa shape index (κ1) is 12.7. The van der Waals surface area contributed by atoms with Gasteiger partial charge in [-0.05, 0) is 43.1 Å². The topological polar surface area (TPSA) is 0 Å². The summed E-state index contributed by atoms with van der Waals surface area (Å²) >= 11 is 0. The molecule has 0 saturated heterocycles. The van der Waals surface area contributed by atoms with E-state index in [1.165, 1.54) is 43.1 Å². The van der Waals surface area contributed by atoms with E-state index in [2.05, 4.69) is 72.8 Å². The molecule has 0 bridgehead atoms. The molecule has 0 amide bonds. The van der Waals surface area contributed by atoms with Crippen molar-refractivity contribution in [3.05, 3.63) is 72.8 Å². The van der Waals surface area contributed by atoms with E-state index in [-0.39, 0.29) is 20.3 Å². The Hall–Kier alpha value is -2.00. The Morgan fingerprint density at radius 2 is 0.714 bits per heavy atom. The maximum absolute atomic E-state index is 2.25. The molecular weight excluding hydrogens is 247 g/mol. The molecule has 0 N–H and O–H groups in total. The summed E-state index contributed by atoms with van der Waals surface area (Å²) in [6.45, 7) is 0. The maximum atomic E-state index is 2.25. The Morgan fingerprint density at radius 3 is 1.00 bits per heavy atom. The van der Waals surface area contributed by atoms with Crippen molar-refractivity contribution in [2.24, 2.45) is 0 Å². The van der Waals surface area contributed by atoms with E-state index >= 15 is 0 Å². The predicted molar refractivity (Wildman–Crippen MR) is 88.8 cm³/mol. The molecule has 94 valence electrons. The van der Waals surface area contributed by atoms with Gasteiger partial charge in [-0.1, -0.05) is 72.8 Å². The van der Waals surface area contributed by atoms with Crippen LogP contribution in [-0.4, -0.2) is 0 Å². The van der Waals surface area contributed by atoms with Crippen molar-refractivity contribution in [1.29, 1.82) is 0 Å². The summed E-state index contributed by atoms with van der Waals surface area (Å²) in [5.41, 5.74) is 0. The van der Waals surface area contributed by atoms with Gasteiger partial charge in [0.25, 0.3) is 0 Å². The predicted octanol–water partition coefficient (Wildman–Crippen LogP) is 2.85. The van der Waals surface area contributed by atoms with Crippen LogP contribution >= 0.6 is 0 Å². The summed E-state index contributed by atoms with van der Waals surface area (Å²) in [7, 11) is 0. The Labute approximate surface area is 136 Å². The summed E-state index contributed by atoms with van der Waals surface area (Å²) in [5.74, 6) is 0. The Bertz CT molecular complexity index is 929. The first-order valence-corrected chi connectivity index (χ1v) is 6.98. The van der Waals surface area contributed by atoms with Crippen molar-refractivity contribution >= 4 is 43.1 Å². The van der Waals surface area contributed by atoms with E-state index in [9.17, 15) is 0 Å². The van der Waals surface area contributed by atoms with E-state index in [4.69, 9.17) is 0 Å². The molecule has 0 fully saturated rings. The third-order valence-electron chi connectivity index (χ3n) is 4.39. The summed E-state index contributed by atoms with van der Waals surface area (Å²) in [6.07, 6.45) is 0. The molecule has 0 radical (unpaired) electrons. The Morgan fingerprint density at radius 1 is 0.429 bits per heavy atom. The molecule has 0 aromatic heterocycles. The average Bonchev–Trinajstić information content (AvgIpc) is 2.52. The summed E-state index contributed by atoms with van der Waals surface area (Å²) < 4.78 is 0. The zero-order valence-electron chi connectivity index (χ0n) is 12.9. The van der Waals surface area contributed by atoms with Crippen LogP contribution in [0.15, 0.2) is 72.8 Å². The molecule has 0 heterocycles. The molecule has 5 rings (SSSR count). The Kier molecular flexibility index (Phi) is 2.72. The van der Waals surface area contributed by atoms with Gasteiger partial charge >= 0.3 is 18.9 Å². The molecule has 0 atom stereocenters. The quantitative estimate of drug-likeness (QED) is 0.228. The van der Waals surface area contributed by atoms with Gasteiger partial charge in [-0.3, -0.25) is 0 Å². The van der Waals surface area contributed by atoms with E-state index < -0.39 is 0 Å². The number of hydrogen-bond donors (Lipinski definition) is 0. The summed E-state index contributed by atoms with van der Waals surface area (Å²) in [4.78, 5) is 0. The van der Waals surface area contributed by atoms with Gasteiger partial charge in [0.05, 0.1) is 0 Å². The van der Waals surface area contributed by atoms with Gasteiger partial charge in [0.1, 0.15) is 0 Å². The van der Waals surface area contributed by atoms with Crippen molar-refractivity contribution in [2.45, 2.75) is 0 Å². The van der Waals surface area contributed by atoms with Crippen LogP contribution < -0.4 is 18.9 Å². The minimum atomic E-state index is 0. The van der Waals surface area contributed by atoms with Crippen LogP contribution in [0.1, 0.15) is 1.43 Å². The van der Waals surface area contributed by atoms with Gasteiger partial charge in [-0.2, -0.15) is 0 Å². The summed E-state index contributed by atoms with van der Waals surface area (Å²) in [6, 6.07) is 26.4.